The normalized spacial score (nSPS) is 36.8. The predicted molar refractivity (Wildman–Crippen MR) is 79.5 cm³/mol. The summed E-state index contributed by atoms with van der Waals surface area (Å²) in [5, 5.41) is 3.22. The zero-order chi connectivity index (χ0) is 14.6. The highest BCUT2D eigenvalue weighted by Gasteiger charge is 2.51. The first kappa shape index (κ1) is 13.3. The summed E-state index contributed by atoms with van der Waals surface area (Å²) in [6, 6.07) is 4.85. The highest BCUT2D eigenvalue weighted by Crippen LogP contribution is 2.55. The molecule has 0 spiro atoms. The van der Waals surface area contributed by atoms with Crippen LogP contribution in [0.3, 0.4) is 0 Å². The van der Waals surface area contributed by atoms with E-state index in [0.29, 0.717) is 0 Å². The monoisotopic (exact) mass is 287 g/mol. The molecular formula is C18H22FNO. The van der Waals surface area contributed by atoms with E-state index in [4.69, 9.17) is 0 Å². The van der Waals surface area contributed by atoms with E-state index in [1.54, 1.807) is 12.1 Å². The Kier molecular flexibility index (Phi) is 2.88. The molecule has 3 heteroatoms. The average Bonchev–Trinajstić information content (AvgIpc) is 2.35. The van der Waals surface area contributed by atoms with E-state index < -0.39 is 5.82 Å². The van der Waals surface area contributed by atoms with Crippen LogP contribution in [0, 0.1) is 30.5 Å². The summed E-state index contributed by atoms with van der Waals surface area (Å²) >= 11 is 0. The fraction of sp³-hybridized carbons (Fsp3) is 0.611. The van der Waals surface area contributed by atoms with Crippen LogP contribution in [0.15, 0.2) is 18.2 Å². The van der Waals surface area contributed by atoms with E-state index in [9.17, 15) is 9.18 Å². The minimum Gasteiger partial charge on any atom is -0.346 e. The molecule has 0 radical (unpaired) electrons. The van der Waals surface area contributed by atoms with Crippen molar-refractivity contribution in [3.05, 3.63) is 35.1 Å². The van der Waals surface area contributed by atoms with Crippen LogP contribution in [-0.2, 0) is 0 Å². The second-order valence-electron chi connectivity index (χ2n) is 7.64. The molecule has 0 aromatic heterocycles. The van der Waals surface area contributed by atoms with E-state index in [2.05, 4.69) is 5.32 Å². The summed E-state index contributed by atoms with van der Waals surface area (Å²) in [5.74, 6) is 1.70. The topological polar surface area (TPSA) is 29.1 Å². The lowest BCUT2D eigenvalue weighted by atomic mass is 9.53. The fourth-order valence-electron chi connectivity index (χ4n) is 5.38. The van der Waals surface area contributed by atoms with Crippen molar-refractivity contribution in [3.63, 3.8) is 0 Å². The molecule has 0 saturated heterocycles. The lowest BCUT2D eigenvalue weighted by Crippen LogP contribution is -2.59. The Morgan fingerprint density at radius 1 is 1.14 bits per heavy atom. The molecule has 0 unspecified atom stereocenters. The van der Waals surface area contributed by atoms with Gasteiger partial charge in [-0.3, -0.25) is 4.79 Å². The molecule has 21 heavy (non-hydrogen) atoms. The first-order chi connectivity index (χ1) is 10.0. The van der Waals surface area contributed by atoms with Gasteiger partial charge in [0.05, 0.1) is 5.56 Å². The summed E-state index contributed by atoms with van der Waals surface area (Å²) in [4.78, 5) is 12.5. The highest BCUT2D eigenvalue weighted by molar-refractivity contribution is 5.95. The van der Waals surface area contributed by atoms with Crippen molar-refractivity contribution in [2.45, 2.75) is 51.0 Å². The number of aryl methyl sites for hydroxylation is 1. The number of nitrogens with one attached hydrogen (secondary N) is 1. The van der Waals surface area contributed by atoms with Crippen LogP contribution < -0.4 is 5.32 Å². The van der Waals surface area contributed by atoms with E-state index >= 15 is 0 Å². The second-order valence-corrected chi connectivity index (χ2v) is 7.64. The smallest absolute Gasteiger partial charge is 0.254 e. The minimum atomic E-state index is -0.405. The van der Waals surface area contributed by atoms with E-state index in [-0.39, 0.29) is 17.0 Å². The van der Waals surface area contributed by atoms with Crippen molar-refractivity contribution >= 4 is 5.91 Å². The summed E-state index contributed by atoms with van der Waals surface area (Å²) in [6.45, 7) is 1.84. The van der Waals surface area contributed by atoms with Gasteiger partial charge >= 0.3 is 0 Å². The largest absolute Gasteiger partial charge is 0.346 e. The van der Waals surface area contributed by atoms with Crippen molar-refractivity contribution in [1.29, 1.82) is 0 Å². The van der Waals surface area contributed by atoms with Gasteiger partial charge in [0.1, 0.15) is 5.82 Å². The van der Waals surface area contributed by atoms with Crippen LogP contribution in [0.5, 0.6) is 0 Å². The molecule has 2 nitrogen and oxygen atoms in total. The number of hydrogen-bond donors (Lipinski definition) is 1. The molecule has 0 atom stereocenters. The molecule has 4 saturated carbocycles. The third kappa shape index (κ3) is 2.27. The Labute approximate surface area is 125 Å². The first-order valence-electron chi connectivity index (χ1n) is 8.12. The van der Waals surface area contributed by atoms with Gasteiger partial charge in [0.2, 0.25) is 0 Å². The number of rotatable bonds is 2. The van der Waals surface area contributed by atoms with Crippen molar-refractivity contribution in [2.24, 2.45) is 17.8 Å². The predicted octanol–water partition coefficient (Wildman–Crippen LogP) is 3.83. The van der Waals surface area contributed by atoms with Crippen molar-refractivity contribution < 1.29 is 9.18 Å². The Hall–Kier alpha value is -1.38. The first-order valence-corrected chi connectivity index (χ1v) is 8.12. The fourth-order valence-corrected chi connectivity index (χ4v) is 5.38. The Bertz CT molecular complexity index is 560. The molecule has 5 rings (SSSR count). The van der Waals surface area contributed by atoms with E-state index in [0.717, 1.165) is 42.6 Å². The van der Waals surface area contributed by atoms with Gasteiger partial charge in [-0.25, -0.2) is 4.39 Å². The molecule has 4 aliphatic carbocycles. The Morgan fingerprint density at radius 3 is 2.24 bits per heavy atom. The molecular weight excluding hydrogens is 265 g/mol. The molecule has 4 aliphatic rings. The number of hydrogen-bond acceptors (Lipinski definition) is 1. The molecule has 1 aromatic carbocycles. The lowest BCUT2D eigenvalue weighted by Gasteiger charge is -2.56. The number of carbonyl (C=O) groups is 1. The van der Waals surface area contributed by atoms with Gasteiger partial charge in [-0.15, -0.1) is 0 Å². The van der Waals surface area contributed by atoms with Crippen LogP contribution in [0.2, 0.25) is 0 Å². The molecule has 4 fully saturated rings. The molecule has 0 heterocycles. The van der Waals surface area contributed by atoms with Gasteiger partial charge in [-0.05, 0) is 80.9 Å². The third-order valence-corrected chi connectivity index (χ3v) is 5.79. The molecule has 1 N–H and O–H groups in total. The van der Waals surface area contributed by atoms with Crippen molar-refractivity contribution in [1.82, 2.24) is 5.32 Å². The minimum absolute atomic E-state index is 0.0524. The molecule has 4 bridgehead atoms. The summed E-state index contributed by atoms with van der Waals surface area (Å²) in [7, 11) is 0. The lowest BCUT2D eigenvalue weighted by molar-refractivity contribution is -0.0167. The number of amides is 1. The van der Waals surface area contributed by atoms with Gasteiger partial charge in [0, 0.05) is 5.54 Å². The zero-order valence-corrected chi connectivity index (χ0v) is 12.5. The van der Waals surface area contributed by atoms with Gasteiger partial charge in [0.25, 0.3) is 5.91 Å². The van der Waals surface area contributed by atoms with E-state index in [1.165, 1.54) is 25.3 Å². The maximum Gasteiger partial charge on any atom is 0.254 e. The Morgan fingerprint density at radius 2 is 1.71 bits per heavy atom. The van der Waals surface area contributed by atoms with E-state index in [1.807, 2.05) is 6.92 Å². The molecule has 0 aliphatic heterocycles. The van der Waals surface area contributed by atoms with Crippen molar-refractivity contribution in [3.8, 4) is 0 Å². The maximum atomic E-state index is 14.0. The summed E-state index contributed by atoms with van der Waals surface area (Å²) in [5.41, 5.74) is 0.985. The van der Waals surface area contributed by atoms with Gasteiger partial charge in [-0.2, -0.15) is 0 Å². The van der Waals surface area contributed by atoms with Crippen LogP contribution in [0.1, 0.15) is 54.4 Å². The van der Waals surface area contributed by atoms with Crippen LogP contribution in [0.4, 0.5) is 4.39 Å². The number of carbonyl (C=O) groups excluding carboxylic acids is 1. The van der Waals surface area contributed by atoms with Crippen LogP contribution >= 0.6 is 0 Å². The Balaban J connectivity index is 1.57. The van der Waals surface area contributed by atoms with Crippen molar-refractivity contribution in [2.75, 3.05) is 0 Å². The van der Waals surface area contributed by atoms with Crippen LogP contribution in [0.25, 0.3) is 0 Å². The number of halogens is 1. The average molecular weight is 287 g/mol. The maximum absolute atomic E-state index is 14.0. The van der Waals surface area contributed by atoms with Crippen LogP contribution in [-0.4, -0.2) is 11.4 Å². The number of benzene rings is 1. The molecule has 1 amide bonds. The molecule has 1 aromatic rings. The summed E-state index contributed by atoms with van der Waals surface area (Å²) < 4.78 is 14.0. The highest BCUT2D eigenvalue weighted by atomic mass is 19.1. The summed E-state index contributed by atoms with van der Waals surface area (Å²) in [6.07, 6.45) is 7.31. The second kappa shape index (κ2) is 4.56. The quantitative estimate of drug-likeness (QED) is 0.880. The van der Waals surface area contributed by atoms with Gasteiger partial charge < -0.3 is 5.32 Å². The molecule has 112 valence electrons. The standard InChI is InChI=1S/C18H22FNO/c1-11-2-3-15(16(19)4-11)17(21)20-18-8-12-5-13(9-18)7-14(6-12)10-18/h2-4,12-14H,5-10H2,1H3,(H,20,21). The third-order valence-electron chi connectivity index (χ3n) is 5.79. The van der Waals surface area contributed by atoms with Gasteiger partial charge in [-0.1, -0.05) is 6.07 Å². The van der Waals surface area contributed by atoms with Gasteiger partial charge in [0.15, 0.2) is 0 Å². The zero-order valence-electron chi connectivity index (χ0n) is 12.5. The SMILES string of the molecule is Cc1ccc(C(=O)NC23CC4CC(CC(C4)C2)C3)c(F)c1.